The van der Waals surface area contributed by atoms with Crippen LogP contribution in [-0.4, -0.2) is 0 Å². The lowest BCUT2D eigenvalue weighted by molar-refractivity contribution is 0.757. The molecule has 0 aliphatic rings. The fraction of sp³-hybridized carbons (Fsp3) is 0.667. The predicted molar refractivity (Wildman–Crippen MR) is 43.4 cm³/mol. The van der Waals surface area contributed by atoms with Crippen molar-refractivity contribution in [1.82, 2.24) is 0 Å². The molecule has 0 spiro atoms. The molecule has 56 valence electrons. The van der Waals surface area contributed by atoms with E-state index in [2.05, 4.69) is 25.1 Å². The van der Waals surface area contributed by atoms with E-state index < -0.39 is 0 Å². The third-order valence-corrected chi connectivity index (χ3v) is 1.33. The number of hydrogen-bond donors (Lipinski definition) is 0. The van der Waals surface area contributed by atoms with Crippen LogP contribution < -0.4 is 0 Å². The third kappa shape index (κ3) is 5.37. The lowest BCUT2D eigenvalue weighted by Crippen LogP contribution is -1.84. The molecule has 0 saturated heterocycles. The van der Waals surface area contributed by atoms with Crippen molar-refractivity contribution in [3.05, 3.63) is 12.2 Å². The van der Waals surface area contributed by atoms with Gasteiger partial charge in [-0.1, -0.05) is 25.5 Å². The smallest absolute Gasteiger partial charge is 0.0656 e. The van der Waals surface area contributed by atoms with Gasteiger partial charge in [-0.2, -0.15) is 5.26 Å². The summed E-state index contributed by atoms with van der Waals surface area (Å²) in [6.07, 6.45) is 7.47. The molecular weight excluding hydrogens is 122 g/mol. The zero-order valence-electron chi connectivity index (χ0n) is 6.80. The Morgan fingerprint density at radius 2 is 2.20 bits per heavy atom. The zero-order valence-corrected chi connectivity index (χ0v) is 6.80. The molecule has 0 rings (SSSR count). The van der Waals surface area contributed by atoms with Crippen molar-refractivity contribution in [2.24, 2.45) is 5.92 Å². The van der Waals surface area contributed by atoms with Gasteiger partial charge in [0.2, 0.25) is 0 Å². The van der Waals surface area contributed by atoms with Gasteiger partial charge in [0, 0.05) is 5.92 Å². The van der Waals surface area contributed by atoms with Crippen LogP contribution in [0.4, 0.5) is 0 Å². The second-order valence-electron chi connectivity index (χ2n) is 2.53. The summed E-state index contributed by atoms with van der Waals surface area (Å²) in [5.41, 5.74) is 0. The van der Waals surface area contributed by atoms with E-state index in [0.29, 0.717) is 0 Å². The summed E-state index contributed by atoms with van der Waals surface area (Å²) in [4.78, 5) is 0. The second-order valence-corrected chi connectivity index (χ2v) is 2.53. The highest BCUT2D eigenvalue weighted by Gasteiger charge is 1.92. The standard InChI is InChI=1S/C9H15N/c1-3-4-5-6-7-9(2)8-10/h5-6,9H,3-4,7H2,1-2H3. The quantitative estimate of drug-likeness (QED) is 0.546. The maximum Gasteiger partial charge on any atom is 0.0656 e. The third-order valence-electron chi connectivity index (χ3n) is 1.33. The van der Waals surface area contributed by atoms with E-state index in [1.165, 1.54) is 6.42 Å². The van der Waals surface area contributed by atoms with E-state index in [9.17, 15) is 0 Å². The summed E-state index contributed by atoms with van der Waals surface area (Å²) in [6.45, 7) is 4.09. The van der Waals surface area contributed by atoms with Crippen LogP contribution in [0, 0.1) is 17.2 Å². The average Bonchev–Trinajstić information content (AvgIpc) is 1.98. The first-order valence-corrected chi connectivity index (χ1v) is 3.85. The Labute approximate surface area is 63.4 Å². The molecule has 0 N–H and O–H groups in total. The molecule has 1 nitrogen and oxygen atoms in total. The molecule has 1 unspecified atom stereocenters. The predicted octanol–water partition coefficient (Wildman–Crippen LogP) is 2.89. The molecule has 0 saturated carbocycles. The van der Waals surface area contributed by atoms with Gasteiger partial charge < -0.3 is 0 Å². The van der Waals surface area contributed by atoms with Crippen LogP contribution in [0.15, 0.2) is 12.2 Å². The summed E-state index contributed by atoms with van der Waals surface area (Å²) in [5.74, 6) is 0.174. The van der Waals surface area contributed by atoms with Crippen LogP contribution in [0.25, 0.3) is 0 Å². The van der Waals surface area contributed by atoms with Gasteiger partial charge in [0.05, 0.1) is 6.07 Å². The van der Waals surface area contributed by atoms with Crippen LogP contribution in [0.5, 0.6) is 0 Å². The van der Waals surface area contributed by atoms with Crippen molar-refractivity contribution in [2.45, 2.75) is 33.1 Å². The summed E-state index contributed by atoms with van der Waals surface area (Å²) in [6, 6.07) is 2.19. The highest BCUT2D eigenvalue weighted by Crippen LogP contribution is 2.01. The molecule has 0 fully saturated rings. The van der Waals surface area contributed by atoms with Crippen molar-refractivity contribution in [1.29, 1.82) is 5.26 Å². The average molecular weight is 137 g/mol. The van der Waals surface area contributed by atoms with E-state index in [0.717, 1.165) is 12.8 Å². The van der Waals surface area contributed by atoms with Gasteiger partial charge in [0.1, 0.15) is 0 Å². The minimum Gasteiger partial charge on any atom is -0.198 e. The van der Waals surface area contributed by atoms with Gasteiger partial charge in [-0.3, -0.25) is 0 Å². The number of allylic oxidation sites excluding steroid dienone is 2. The highest BCUT2D eigenvalue weighted by atomic mass is 14.2. The Hall–Kier alpha value is -0.770. The number of nitrogens with zero attached hydrogens (tertiary/aromatic N) is 1. The van der Waals surface area contributed by atoms with Crippen LogP contribution in [-0.2, 0) is 0 Å². The molecule has 0 radical (unpaired) electrons. The molecule has 1 atom stereocenters. The maximum absolute atomic E-state index is 8.41. The SMILES string of the molecule is CCCC=CCC(C)C#N. The first kappa shape index (κ1) is 9.23. The Kier molecular flexibility index (Phi) is 5.86. The van der Waals surface area contributed by atoms with Crippen LogP contribution in [0.2, 0.25) is 0 Å². The van der Waals surface area contributed by atoms with E-state index >= 15 is 0 Å². The first-order chi connectivity index (χ1) is 4.81. The summed E-state index contributed by atoms with van der Waals surface area (Å²) >= 11 is 0. The molecular formula is C9H15N. The summed E-state index contributed by atoms with van der Waals surface area (Å²) < 4.78 is 0. The number of nitriles is 1. The van der Waals surface area contributed by atoms with Gasteiger partial charge in [0.25, 0.3) is 0 Å². The minimum absolute atomic E-state index is 0.174. The van der Waals surface area contributed by atoms with Gasteiger partial charge in [0.15, 0.2) is 0 Å². The van der Waals surface area contributed by atoms with Gasteiger partial charge >= 0.3 is 0 Å². The van der Waals surface area contributed by atoms with E-state index in [-0.39, 0.29) is 5.92 Å². The number of rotatable bonds is 4. The lowest BCUT2D eigenvalue weighted by Gasteiger charge is -1.92. The fourth-order valence-electron chi connectivity index (χ4n) is 0.638. The molecule has 0 aromatic carbocycles. The van der Waals surface area contributed by atoms with Crippen molar-refractivity contribution < 1.29 is 0 Å². The monoisotopic (exact) mass is 137 g/mol. The Bertz CT molecular complexity index is 130. The topological polar surface area (TPSA) is 23.8 Å². The summed E-state index contributed by atoms with van der Waals surface area (Å²) in [5, 5.41) is 8.41. The van der Waals surface area contributed by atoms with E-state index in [1.807, 2.05) is 6.92 Å². The molecule has 0 bridgehead atoms. The molecule has 0 aromatic heterocycles. The highest BCUT2D eigenvalue weighted by molar-refractivity contribution is 4.89. The van der Waals surface area contributed by atoms with Gasteiger partial charge in [-0.05, 0) is 19.8 Å². The largest absolute Gasteiger partial charge is 0.198 e. The Morgan fingerprint density at radius 1 is 1.50 bits per heavy atom. The Balaban J connectivity index is 3.27. The molecule has 1 heteroatoms. The van der Waals surface area contributed by atoms with Crippen molar-refractivity contribution >= 4 is 0 Å². The van der Waals surface area contributed by atoms with Crippen LogP contribution in [0.3, 0.4) is 0 Å². The van der Waals surface area contributed by atoms with Crippen LogP contribution >= 0.6 is 0 Å². The van der Waals surface area contributed by atoms with Crippen LogP contribution in [0.1, 0.15) is 33.1 Å². The first-order valence-electron chi connectivity index (χ1n) is 3.85. The Morgan fingerprint density at radius 3 is 2.70 bits per heavy atom. The molecule has 10 heavy (non-hydrogen) atoms. The maximum atomic E-state index is 8.41. The molecule has 0 aliphatic heterocycles. The number of unbranched alkanes of at least 4 members (excludes halogenated alkanes) is 1. The van der Waals surface area contributed by atoms with Gasteiger partial charge in [-0.25, -0.2) is 0 Å². The molecule has 0 heterocycles. The fourth-order valence-corrected chi connectivity index (χ4v) is 0.638. The van der Waals surface area contributed by atoms with Crippen molar-refractivity contribution in [2.75, 3.05) is 0 Å². The lowest BCUT2D eigenvalue weighted by atomic mass is 10.1. The molecule has 0 aliphatic carbocycles. The van der Waals surface area contributed by atoms with Crippen molar-refractivity contribution in [3.8, 4) is 6.07 Å². The van der Waals surface area contributed by atoms with E-state index in [4.69, 9.17) is 5.26 Å². The zero-order chi connectivity index (χ0) is 7.82. The normalized spacial score (nSPS) is 13.3. The molecule has 0 amide bonds. The van der Waals surface area contributed by atoms with E-state index in [1.54, 1.807) is 0 Å². The molecule has 0 aromatic rings. The van der Waals surface area contributed by atoms with Crippen molar-refractivity contribution in [3.63, 3.8) is 0 Å². The minimum atomic E-state index is 0.174. The summed E-state index contributed by atoms with van der Waals surface area (Å²) in [7, 11) is 0. The number of hydrogen-bond acceptors (Lipinski definition) is 1. The second kappa shape index (κ2) is 6.35. The van der Waals surface area contributed by atoms with Gasteiger partial charge in [-0.15, -0.1) is 0 Å².